The number of hydrogen-bond donors (Lipinski definition) is 1. The van der Waals surface area contributed by atoms with Crippen molar-refractivity contribution in [3.63, 3.8) is 0 Å². The maximum Gasteiger partial charge on any atom is 0.308 e. The normalized spacial score (nSPS) is 30.4. The van der Waals surface area contributed by atoms with Crippen LogP contribution in [0.2, 0.25) is 0 Å². The molecule has 0 spiro atoms. The molecule has 0 saturated carbocycles. The van der Waals surface area contributed by atoms with Gasteiger partial charge >= 0.3 is 5.97 Å². The van der Waals surface area contributed by atoms with Crippen molar-refractivity contribution in [1.29, 1.82) is 0 Å². The van der Waals surface area contributed by atoms with Gasteiger partial charge in [-0.3, -0.25) is 9.59 Å². The third kappa shape index (κ3) is 2.33. The van der Waals surface area contributed by atoms with Crippen LogP contribution in [-0.4, -0.2) is 60.9 Å². The van der Waals surface area contributed by atoms with Gasteiger partial charge in [0.2, 0.25) is 0 Å². The molecule has 0 radical (unpaired) electrons. The summed E-state index contributed by atoms with van der Waals surface area (Å²) in [6.07, 6.45) is -0.0319. The minimum absolute atomic E-state index is 0.150. The molecule has 2 unspecified atom stereocenters. The minimum atomic E-state index is -0.837. The van der Waals surface area contributed by atoms with E-state index >= 15 is 0 Å². The number of hydrogen-bond acceptors (Lipinski definition) is 4. The lowest BCUT2D eigenvalue weighted by molar-refractivity contribution is -0.157. The number of rotatable bonds is 2. The van der Waals surface area contributed by atoms with Crippen LogP contribution in [0.1, 0.15) is 6.42 Å². The van der Waals surface area contributed by atoms with E-state index in [0.717, 1.165) is 0 Å². The van der Waals surface area contributed by atoms with Gasteiger partial charge in [-0.05, 0) is 6.42 Å². The number of ether oxygens (including phenoxy) is 2. The fraction of sp³-hybridized carbons (Fsp3) is 0.800. The molecule has 2 fully saturated rings. The number of carbonyl (C=O) groups is 2. The number of nitrogens with zero attached hydrogens (tertiary/aromatic N) is 1. The first-order valence-electron chi connectivity index (χ1n) is 5.39. The molecule has 2 rings (SSSR count). The number of amides is 1. The summed E-state index contributed by atoms with van der Waals surface area (Å²) in [6, 6.07) is 0. The van der Waals surface area contributed by atoms with E-state index < -0.39 is 18.0 Å². The highest BCUT2D eigenvalue weighted by molar-refractivity contribution is 5.82. The molecular weight excluding hydrogens is 214 g/mol. The Morgan fingerprint density at radius 3 is 2.69 bits per heavy atom. The predicted octanol–water partition coefficient (Wildman–Crippen LogP) is -0.665. The largest absolute Gasteiger partial charge is 0.481 e. The van der Waals surface area contributed by atoms with Crippen molar-refractivity contribution in [3.05, 3.63) is 0 Å². The SMILES string of the molecule is O=C(O)C1CCN(C(=O)C2COCCO2)C1. The molecular formula is C10H15NO5. The average Bonchev–Trinajstić information content (AvgIpc) is 2.78. The molecule has 2 heterocycles. The van der Waals surface area contributed by atoms with E-state index in [-0.39, 0.29) is 19.1 Å². The van der Waals surface area contributed by atoms with Gasteiger partial charge in [-0.15, -0.1) is 0 Å². The lowest BCUT2D eigenvalue weighted by Gasteiger charge is -2.26. The Morgan fingerprint density at radius 1 is 1.31 bits per heavy atom. The number of carboxylic acids is 1. The maximum atomic E-state index is 11.9. The molecule has 1 amide bonds. The Bertz CT molecular complexity index is 287. The standard InChI is InChI=1S/C10H15NO5/c12-9(8-6-15-3-4-16-8)11-2-1-7(5-11)10(13)14/h7-8H,1-6H2,(H,13,14). The summed E-state index contributed by atoms with van der Waals surface area (Å²) in [6.45, 7) is 1.99. The highest BCUT2D eigenvalue weighted by atomic mass is 16.6. The van der Waals surface area contributed by atoms with Crippen molar-refractivity contribution in [1.82, 2.24) is 4.90 Å². The third-order valence-corrected chi connectivity index (χ3v) is 2.94. The molecule has 2 aliphatic heterocycles. The van der Waals surface area contributed by atoms with Crippen LogP contribution in [0.15, 0.2) is 0 Å². The zero-order chi connectivity index (χ0) is 11.5. The molecule has 0 aromatic carbocycles. The topological polar surface area (TPSA) is 76.1 Å². The third-order valence-electron chi connectivity index (χ3n) is 2.94. The molecule has 0 aromatic rings. The van der Waals surface area contributed by atoms with E-state index in [9.17, 15) is 9.59 Å². The lowest BCUT2D eigenvalue weighted by atomic mass is 10.1. The summed E-state index contributed by atoms with van der Waals surface area (Å²) in [5, 5.41) is 8.83. The fourth-order valence-electron chi connectivity index (χ4n) is 2.00. The van der Waals surface area contributed by atoms with Crippen molar-refractivity contribution < 1.29 is 24.2 Å². The Kier molecular flexibility index (Phi) is 3.40. The summed E-state index contributed by atoms with van der Waals surface area (Å²) in [5.41, 5.74) is 0. The summed E-state index contributed by atoms with van der Waals surface area (Å²) >= 11 is 0. The second-order valence-electron chi connectivity index (χ2n) is 4.04. The zero-order valence-corrected chi connectivity index (χ0v) is 8.92. The molecule has 0 bridgehead atoms. The second-order valence-corrected chi connectivity index (χ2v) is 4.04. The fourth-order valence-corrected chi connectivity index (χ4v) is 2.00. The predicted molar refractivity (Wildman–Crippen MR) is 52.9 cm³/mol. The molecule has 2 aliphatic rings. The molecule has 2 saturated heterocycles. The lowest BCUT2D eigenvalue weighted by Crippen LogP contribution is -2.44. The minimum Gasteiger partial charge on any atom is -0.481 e. The van der Waals surface area contributed by atoms with Crippen LogP contribution in [0.25, 0.3) is 0 Å². The Morgan fingerprint density at radius 2 is 2.12 bits per heavy atom. The van der Waals surface area contributed by atoms with Crippen LogP contribution in [-0.2, 0) is 19.1 Å². The van der Waals surface area contributed by atoms with Gasteiger partial charge in [0.1, 0.15) is 0 Å². The number of carboxylic acid groups (broad SMARTS) is 1. The summed E-state index contributed by atoms with van der Waals surface area (Å²) in [4.78, 5) is 24.2. The molecule has 2 atom stereocenters. The summed E-state index contributed by atoms with van der Waals surface area (Å²) < 4.78 is 10.4. The Labute approximate surface area is 93.1 Å². The maximum absolute atomic E-state index is 11.9. The first kappa shape index (κ1) is 11.3. The Hall–Kier alpha value is -1.14. The molecule has 16 heavy (non-hydrogen) atoms. The molecule has 6 heteroatoms. The van der Waals surface area contributed by atoms with Gasteiger partial charge in [-0.1, -0.05) is 0 Å². The van der Waals surface area contributed by atoms with Crippen LogP contribution in [0.4, 0.5) is 0 Å². The van der Waals surface area contributed by atoms with E-state index in [2.05, 4.69) is 0 Å². The highest BCUT2D eigenvalue weighted by Crippen LogP contribution is 2.18. The van der Waals surface area contributed by atoms with E-state index in [1.54, 1.807) is 4.90 Å². The molecule has 0 aliphatic carbocycles. The average molecular weight is 229 g/mol. The second kappa shape index (κ2) is 4.80. The molecule has 6 nitrogen and oxygen atoms in total. The van der Waals surface area contributed by atoms with Crippen LogP contribution in [0.3, 0.4) is 0 Å². The smallest absolute Gasteiger partial charge is 0.308 e. The quantitative estimate of drug-likeness (QED) is 0.680. The first-order valence-corrected chi connectivity index (χ1v) is 5.39. The van der Waals surface area contributed by atoms with Gasteiger partial charge in [-0.25, -0.2) is 0 Å². The van der Waals surface area contributed by atoms with Crippen molar-refractivity contribution in [2.45, 2.75) is 12.5 Å². The van der Waals surface area contributed by atoms with Crippen molar-refractivity contribution >= 4 is 11.9 Å². The van der Waals surface area contributed by atoms with Gasteiger partial charge in [0.15, 0.2) is 6.10 Å². The summed E-state index contributed by atoms with van der Waals surface area (Å²) in [7, 11) is 0. The zero-order valence-electron chi connectivity index (χ0n) is 8.92. The molecule has 90 valence electrons. The molecule has 0 aromatic heterocycles. The van der Waals surface area contributed by atoms with E-state index in [1.807, 2.05) is 0 Å². The monoisotopic (exact) mass is 229 g/mol. The molecule has 1 N–H and O–H groups in total. The van der Waals surface area contributed by atoms with Crippen molar-refractivity contribution in [2.24, 2.45) is 5.92 Å². The van der Waals surface area contributed by atoms with E-state index in [1.165, 1.54) is 0 Å². The highest BCUT2D eigenvalue weighted by Gasteiger charge is 2.35. The van der Waals surface area contributed by atoms with Crippen LogP contribution in [0.5, 0.6) is 0 Å². The number of carbonyl (C=O) groups excluding carboxylic acids is 1. The van der Waals surface area contributed by atoms with Crippen molar-refractivity contribution in [2.75, 3.05) is 32.9 Å². The van der Waals surface area contributed by atoms with Gasteiger partial charge < -0.3 is 19.5 Å². The number of aliphatic carboxylic acids is 1. The van der Waals surface area contributed by atoms with Crippen LogP contribution >= 0.6 is 0 Å². The first-order chi connectivity index (χ1) is 7.68. The van der Waals surface area contributed by atoms with Gasteiger partial charge in [-0.2, -0.15) is 0 Å². The Balaban J connectivity index is 1.88. The van der Waals surface area contributed by atoms with Gasteiger partial charge in [0.05, 0.1) is 25.7 Å². The number of likely N-dealkylation sites (tertiary alicyclic amines) is 1. The van der Waals surface area contributed by atoms with E-state index in [0.29, 0.717) is 26.2 Å². The summed E-state index contributed by atoms with van der Waals surface area (Å²) in [5.74, 6) is -1.42. The van der Waals surface area contributed by atoms with Gasteiger partial charge in [0.25, 0.3) is 5.91 Å². The van der Waals surface area contributed by atoms with Gasteiger partial charge in [0, 0.05) is 13.1 Å². The van der Waals surface area contributed by atoms with E-state index in [4.69, 9.17) is 14.6 Å². The van der Waals surface area contributed by atoms with Crippen LogP contribution < -0.4 is 0 Å². The van der Waals surface area contributed by atoms with Crippen LogP contribution in [0, 0.1) is 5.92 Å². The van der Waals surface area contributed by atoms with Crippen molar-refractivity contribution in [3.8, 4) is 0 Å².